The quantitative estimate of drug-likeness (QED) is 0.427. The van der Waals surface area contributed by atoms with Crippen molar-refractivity contribution in [3.63, 3.8) is 0 Å². The highest BCUT2D eigenvalue weighted by atomic mass is 32.2. The van der Waals surface area contributed by atoms with E-state index < -0.39 is 0 Å². The minimum absolute atomic E-state index is 1.01. The molecule has 2 heteroatoms. The van der Waals surface area contributed by atoms with Gasteiger partial charge < -0.3 is 0 Å². The van der Waals surface area contributed by atoms with Gasteiger partial charge >= 0.3 is 0 Å². The fraction of sp³-hybridized carbons (Fsp3) is 0.857. The predicted molar refractivity (Wildman–Crippen MR) is 46.6 cm³/mol. The molecule has 0 aliphatic rings. The molecule has 0 heterocycles. The molecule has 54 valence electrons. The highest BCUT2D eigenvalue weighted by molar-refractivity contribution is 7.98. The van der Waals surface area contributed by atoms with Crippen LogP contribution in [0, 0.1) is 0 Å². The van der Waals surface area contributed by atoms with Crippen molar-refractivity contribution in [2.24, 2.45) is 4.99 Å². The van der Waals surface area contributed by atoms with Crippen LogP contribution in [-0.4, -0.2) is 24.8 Å². The molecule has 0 amide bonds. The van der Waals surface area contributed by atoms with Gasteiger partial charge in [-0.3, -0.25) is 4.99 Å². The summed E-state index contributed by atoms with van der Waals surface area (Å²) in [6.07, 6.45) is 6.56. The van der Waals surface area contributed by atoms with Crippen molar-refractivity contribution in [3.8, 4) is 0 Å². The molecule has 1 nitrogen and oxygen atoms in total. The number of nitrogens with zero attached hydrogens (tertiary/aromatic N) is 1. The zero-order chi connectivity index (χ0) is 6.95. The average Bonchev–Trinajstić information content (AvgIpc) is 1.89. The third-order valence-corrected chi connectivity index (χ3v) is 1.77. The van der Waals surface area contributed by atoms with Crippen LogP contribution < -0.4 is 0 Å². The minimum atomic E-state index is 1.01. The molecule has 0 saturated heterocycles. The molecule has 0 atom stereocenters. The van der Waals surface area contributed by atoms with E-state index in [1.54, 1.807) is 0 Å². The SMILES string of the molecule is C/C=N/CCCCSC. The van der Waals surface area contributed by atoms with Gasteiger partial charge in [-0.05, 0) is 38.0 Å². The molecule has 0 aromatic rings. The molecule has 0 rings (SSSR count). The first-order valence-corrected chi connectivity index (χ1v) is 4.74. The van der Waals surface area contributed by atoms with Crippen molar-refractivity contribution in [3.05, 3.63) is 0 Å². The molecule has 0 saturated carbocycles. The third-order valence-electron chi connectivity index (χ3n) is 1.07. The van der Waals surface area contributed by atoms with Gasteiger partial charge in [0, 0.05) is 6.54 Å². The van der Waals surface area contributed by atoms with Crippen molar-refractivity contribution in [1.82, 2.24) is 0 Å². The van der Waals surface area contributed by atoms with Gasteiger partial charge in [0.1, 0.15) is 0 Å². The maximum absolute atomic E-state index is 4.11. The zero-order valence-corrected chi connectivity index (χ0v) is 7.08. The molecule has 0 unspecified atom stereocenters. The van der Waals surface area contributed by atoms with Crippen LogP contribution in [0.4, 0.5) is 0 Å². The molecule has 9 heavy (non-hydrogen) atoms. The Kier molecular flexibility index (Phi) is 8.04. The Morgan fingerprint density at radius 2 is 2.22 bits per heavy atom. The average molecular weight is 145 g/mol. The van der Waals surface area contributed by atoms with E-state index in [0.29, 0.717) is 0 Å². The number of hydrogen-bond acceptors (Lipinski definition) is 2. The summed E-state index contributed by atoms with van der Waals surface area (Å²) in [5.74, 6) is 1.28. The molecule has 0 fully saturated rings. The van der Waals surface area contributed by atoms with Crippen molar-refractivity contribution in [2.45, 2.75) is 19.8 Å². The van der Waals surface area contributed by atoms with Crippen LogP contribution in [0.2, 0.25) is 0 Å². The smallest absolute Gasteiger partial charge is 0.0385 e. The van der Waals surface area contributed by atoms with Crippen LogP contribution in [-0.2, 0) is 0 Å². The molecular formula is C7H15NS. The number of aliphatic imine (C=N–C) groups is 1. The lowest BCUT2D eigenvalue weighted by atomic mass is 10.3. The summed E-state index contributed by atoms with van der Waals surface area (Å²) in [6, 6.07) is 0. The van der Waals surface area contributed by atoms with Crippen LogP contribution in [0.5, 0.6) is 0 Å². The summed E-state index contributed by atoms with van der Waals surface area (Å²) in [5.41, 5.74) is 0. The first-order valence-electron chi connectivity index (χ1n) is 3.35. The number of rotatable bonds is 5. The van der Waals surface area contributed by atoms with E-state index in [2.05, 4.69) is 11.2 Å². The molecule has 0 aliphatic heterocycles. The Bertz CT molecular complexity index is 71.3. The standard InChI is InChI=1S/C7H15NS/c1-3-8-6-4-5-7-9-2/h3H,4-7H2,1-2H3/b8-3+. The molecule has 0 spiro atoms. The predicted octanol–water partition coefficient (Wildman–Crippen LogP) is 2.22. The fourth-order valence-electron chi connectivity index (χ4n) is 0.579. The van der Waals surface area contributed by atoms with E-state index >= 15 is 0 Å². The molecule has 0 aromatic heterocycles. The fourth-order valence-corrected chi connectivity index (χ4v) is 1.07. The summed E-state index contributed by atoms with van der Waals surface area (Å²) in [5, 5.41) is 0. The lowest BCUT2D eigenvalue weighted by Crippen LogP contribution is -1.83. The summed E-state index contributed by atoms with van der Waals surface area (Å²) in [6.45, 7) is 2.98. The lowest BCUT2D eigenvalue weighted by Gasteiger charge is -1.92. The van der Waals surface area contributed by atoms with Crippen molar-refractivity contribution in [2.75, 3.05) is 18.6 Å². The molecule has 0 bridgehead atoms. The summed E-state index contributed by atoms with van der Waals surface area (Å²) in [4.78, 5) is 4.11. The Morgan fingerprint density at radius 3 is 2.78 bits per heavy atom. The number of unbranched alkanes of at least 4 members (excludes halogenated alkanes) is 1. The van der Waals surface area contributed by atoms with Crippen LogP contribution in [0.25, 0.3) is 0 Å². The molecule has 0 aromatic carbocycles. The van der Waals surface area contributed by atoms with E-state index in [1.165, 1.54) is 18.6 Å². The monoisotopic (exact) mass is 145 g/mol. The summed E-state index contributed by atoms with van der Waals surface area (Å²) < 4.78 is 0. The highest BCUT2D eigenvalue weighted by Gasteiger charge is 1.82. The summed E-state index contributed by atoms with van der Waals surface area (Å²) >= 11 is 1.91. The first-order chi connectivity index (χ1) is 4.41. The van der Waals surface area contributed by atoms with Crippen LogP contribution in [0.3, 0.4) is 0 Å². The Hall–Kier alpha value is 0.0200. The maximum Gasteiger partial charge on any atom is 0.0385 e. The third kappa shape index (κ3) is 8.02. The Labute approximate surface area is 61.9 Å². The molecular weight excluding hydrogens is 130 g/mol. The first kappa shape index (κ1) is 9.02. The van der Waals surface area contributed by atoms with Crippen LogP contribution in [0.15, 0.2) is 4.99 Å². The van der Waals surface area contributed by atoms with Crippen LogP contribution in [0.1, 0.15) is 19.8 Å². The van der Waals surface area contributed by atoms with Crippen LogP contribution >= 0.6 is 11.8 Å². The molecule has 0 N–H and O–H groups in total. The van der Waals surface area contributed by atoms with E-state index in [1.807, 2.05) is 24.9 Å². The van der Waals surface area contributed by atoms with Gasteiger partial charge in [-0.1, -0.05) is 0 Å². The van der Waals surface area contributed by atoms with E-state index in [4.69, 9.17) is 0 Å². The Morgan fingerprint density at radius 1 is 1.44 bits per heavy atom. The lowest BCUT2D eigenvalue weighted by molar-refractivity contribution is 0.818. The summed E-state index contributed by atoms with van der Waals surface area (Å²) in [7, 11) is 0. The number of thioether (sulfide) groups is 1. The largest absolute Gasteiger partial charge is 0.298 e. The zero-order valence-electron chi connectivity index (χ0n) is 6.26. The Balaban J connectivity index is 2.75. The number of hydrogen-bond donors (Lipinski definition) is 0. The van der Waals surface area contributed by atoms with Crippen molar-refractivity contribution < 1.29 is 0 Å². The van der Waals surface area contributed by atoms with Crippen molar-refractivity contribution >= 4 is 18.0 Å². The van der Waals surface area contributed by atoms with E-state index in [0.717, 1.165) is 6.54 Å². The molecule has 0 aliphatic carbocycles. The second-order valence-corrected chi connectivity index (χ2v) is 2.85. The van der Waals surface area contributed by atoms with Gasteiger partial charge in [0.2, 0.25) is 0 Å². The van der Waals surface area contributed by atoms with E-state index in [-0.39, 0.29) is 0 Å². The normalized spacial score (nSPS) is 10.9. The second-order valence-electron chi connectivity index (χ2n) is 1.86. The van der Waals surface area contributed by atoms with Gasteiger partial charge in [0.05, 0.1) is 0 Å². The van der Waals surface area contributed by atoms with E-state index in [9.17, 15) is 0 Å². The topological polar surface area (TPSA) is 12.4 Å². The van der Waals surface area contributed by atoms with Gasteiger partial charge in [0.25, 0.3) is 0 Å². The minimum Gasteiger partial charge on any atom is -0.298 e. The molecule has 0 radical (unpaired) electrons. The van der Waals surface area contributed by atoms with Gasteiger partial charge in [-0.2, -0.15) is 11.8 Å². The van der Waals surface area contributed by atoms with Gasteiger partial charge in [0.15, 0.2) is 0 Å². The maximum atomic E-state index is 4.11. The second kappa shape index (κ2) is 8.02. The highest BCUT2D eigenvalue weighted by Crippen LogP contribution is 1.98. The van der Waals surface area contributed by atoms with Gasteiger partial charge in [-0.15, -0.1) is 0 Å². The van der Waals surface area contributed by atoms with Crippen molar-refractivity contribution in [1.29, 1.82) is 0 Å². The van der Waals surface area contributed by atoms with Gasteiger partial charge in [-0.25, -0.2) is 0 Å².